The van der Waals surface area contributed by atoms with Crippen LogP contribution in [0.4, 0.5) is 0 Å². The molecule has 1 aliphatic carbocycles. The van der Waals surface area contributed by atoms with Crippen molar-refractivity contribution in [1.29, 1.82) is 0 Å². The Morgan fingerprint density at radius 2 is 1.04 bits per heavy atom. The predicted octanol–water partition coefficient (Wildman–Crippen LogP) is 1.89. The Morgan fingerprint density at radius 1 is 0.714 bits per heavy atom. The van der Waals surface area contributed by atoms with Gasteiger partial charge in [-0.05, 0) is 26.7 Å². The normalized spacial score (nSPS) is 17.9. The lowest BCUT2D eigenvalue weighted by Crippen LogP contribution is -2.26. The second kappa shape index (κ2) is 11.7. The number of hydrogen-bond donors (Lipinski definition) is 0. The molecule has 0 spiro atoms. The minimum Gasteiger partial charge on any atom is -0.462 e. The third-order valence-corrected chi connectivity index (χ3v) is 3.79. The number of carbonyl (C=O) groups excluding carboxylic acids is 4. The van der Waals surface area contributed by atoms with Crippen LogP contribution in [0.5, 0.6) is 0 Å². The molecule has 2 unspecified atom stereocenters. The standard InChI is InChI=1S/C20H26O8/c1-13(2)17(21)25-9-11-27-19(23)15-5-7-16(8-6-15)20(24)28-12-10-26-18(22)14(3)4/h5,7,15-16H,1,3,6,8-12H2,2,4H3. The van der Waals surface area contributed by atoms with Crippen molar-refractivity contribution >= 4 is 23.9 Å². The van der Waals surface area contributed by atoms with Crippen LogP contribution in [0.2, 0.25) is 0 Å². The molecule has 0 heterocycles. The molecule has 8 heteroatoms. The molecular weight excluding hydrogens is 368 g/mol. The fourth-order valence-corrected chi connectivity index (χ4v) is 2.23. The van der Waals surface area contributed by atoms with Crippen molar-refractivity contribution in [3.63, 3.8) is 0 Å². The lowest BCUT2D eigenvalue weighted by molar-refractivity contribution is -0.154. The van der Waals surface area contributed by atoms with Gasteiger partial charge in [-0.15, -0.1) is 0 Å². The van der Waals surface area contributed by atoms with Gasteiger partial charge in [-0.1, -0.05) is 25.3 Å². The maximum Gasteiger partial charge on any atom is 0.333 e. The second-order valence-corrected chi connectivity index (χ2v) is 6.34. The van der Waals surface area contributed by atoms with E-state index in [0.29, 0.717) is 12.8 Å². The van der Waals surface area contributed by atoms with Gasteiger partial charge in [-0.3, -0.25) is 9.59 Å². The van der Waals surface area contributed by atoms with E-state index in [0.717, 1.165) is 0 Å². The molecule has 0 saturated heterocycles. The first kappa shape index (κ1) is 23.1. The number of hydrogen-bond acceptors (Lipinski definition) is 8. The number of ether oxygens (including phenoxy) is 4. The van der Waals surface area contributed by atoms with E-state index in [1.165, 1.54) is 13.8 Å². The van der Waals surface area contributed by atoms with Crippen molar-refractivity contribution in [1.82, 2.24) is 0 Å². The molecule has 1 aliphatic rings. The first-order valence-electron chi connectivity index (χ1n) is 8.89. The van der Waals surface area contributed by atoms with Gasteiger partial charge in [0, 0.05) is 11.1 Å². The summed E-state index contributed by atoms with van der Waals surface area (Å²) in [7, 11) is 0. The molecule has 1 rings (SSSR count). The van der Waals surface area contributed by atoms with Crippen LogP contribution in [0.3, 0.4) is 0 Å². The first-order valence-corrected chi connectivity index (χ1v) is 8.89. The highest BCUT2D eigenvalue weighted by Gasteiger charge is 2.27. The zero-order valence-corrected chi connectivity index (χ0v) is 16.2. The summed E-state index contributed by atoms with van der Waals surface area (Å²) in [5.74, 6) is -2.88. The summed E-state index contributed by atoms with van der Waals surface area (Å²) in [5, 5.41) is 0. The van der Waals surface area contributed by atoms with Crippen LogP contribution >= 0.6 is 0 Å². The van der Waals surface area contributed by atoms with E-state index in [9.17, 15) is 19.2 Å². The molecule has 0 saturated carbocycles. The minimum absolute atomic E-state index is 0.0429. The van der Waals surface area contributed by atoms with E-state index in [-0.39, 0.29) is 37.6 Å². The molecule has 0 fully saturated rings. The third kappa shape index (κ3) is 8.20. The zero-order chi connectivity index (χ0) is 21.1. The van der Waals surface area contributed by atoms with Gasteiger partial charge in [0.2, 0.25) is 0 Å². The van der Waals surface area contributed by atoms with Gasteiger partial charge in [-0.25, -0.2) is 9.59 Å². The Balaban J connectivity index is 2.27. The Bertz CT molecular complexity index is 605. The van der Waals surface area contributed by atoms with E-state index in [1.54, 1.807) is 12.2 Å². The average molecular weight is 394 g/mol. The molecule has 0 N–H and O–H groups in total. The number of rotatable bonds is 10. The summed E-state index contributed by atoms with van der Waals surface area (Å²) in [5.41, 5.74) is 0.543. The molecule has 2 atom stereocenters. The molecule has 0 aliphatic heterocycles. The molecule has 28 heavy (non-hydrogen) atoms. The van der Waals surface area contributed by atoms with E-state index in [4.69, 9.17) is 18.9 Å². The van der Waals surface area contributed by atoms with Crippen LogP contribution in [-0.2, 0) is 38.1 Å². The minimum atomic E-state index is -0.538. The predicted molar refractivity (Wildman–Crippen MR) is 98.8 cm³/mol. The Morgan fingerprint density at radius 3 is 1.32 bits per heavy atom. The zero-order valence-electron chi connectivity index (χ0n) is 16.2. The Kier molecular flexibility index (Phi) is 9.70. The van der Waals surface area contributed by atoms with Crippen LogP contribution < -0.4 is 0 Å². The third-order valence-electron chi connectivity index (χ3n) is 3.79. The molecule has 0 aromatic carbocycles. The highest BCUT2D eigenvalue weighted by molar-refractivity contribution is 5.87. The van der Waals surface area contributed by atoms with Crippen LogP contribution in [0, 0.1) is 11.8 Å². The van der Waals surface area contributed by atoms with Gasteiger partial charge in [-0.2, -0.15) is 0 Å². The average Bonchev–Trinajstić information content (AvgIpc) is 2.67. The van der Waals surface area contributed by atoms with Crippen molar-refractivity contribution in [2.24, 2.45) is 11.8 Å². The van der Waals surface area contributed by atoms with Gasteiger partial charge in [0.05, 0.1) is 11.8 Å². The van der Waals surface area contributed by atoms with E-state index in [1.807, 2.05) is 0 Å². The van der Waals surface area contributed by atoms with Crippen LogP contribution in [-0.4, -0.2) is 50.3 Å². The van der Waals surface area contributed by atoms with Gasteiger partial charge in [0.1, 0.15) is 26.4 Å². The van der Waals surface area contributed by atoms with Gasteiger partial charge >= 0.3 is 23.9 Å². The summed E-state index contributed by atoms with van der Waals surface area (Å²) in [6.45, 7) is 9.77. The maximum atomic E-state index is 12.0. The highest BCUT2D eigenvalue weighted by Crippen LogP contribution is 2.24. The molecule has 0 amide bonds. The van der Waals surface area contributed by atoms with Crippen LogP contribution in [0.1, 0.15) is 26.7 Å². The largest absolute Gasteiger partial charge is 0.462 e. The van der Waals surface area contributed by atoms with Gasteiger partial charge in [0.15, 0.2) is 0 Å². The summed E-state index contributed by atoms with van der Waals surface area (Å²) >= 11 is 0. The lowest BCUT2D eigenvalue weighted by Gasteiger charge is -2.20. The van der Waals surface area contributed by atoms with Gasteiger partial charge < -0.3 is 18.9 Å². The summed E-state index contributed by atoms with van der Waals surface area (Å²) < 4.78 is 19.8. The smallest absolute Gasteiger partial charge is 0.333 e. The highest BCUT2D eigenvalue weighted by atomic mass is 16.6. The summed E-state index contributed by atoms with van der Waals surface area (Å²) in [6.07, 6.45) is 4.09. The van der Waals surface area contributed by atoms with E-state index >= 15 is 0 Å². The van der Waals surface area contributed by atoms with Crippen molar-refractivity contribution < 1.29 is 38.1 Å². The monoisotopic (exact) mass is 394 g/mol. The molecule has 154 valence electrons. The fourth-order valence-electron chi connectivity index (χ4n) is 2.23. The SMILES string of the molecule is C=C(C)C(=O)OCCOC(=O)C1C=CC(C(=O)OCCOC(=O)C(=C)C)CC1. The molecular formula is C20H26O8. The second-order valence-electron chi connectivity index (χ2n) is 6.34. The topological polar surface area (TPSA) is 105 Å². The quantitative estimate of drug-likeness (QED) is 0.182. The lowest BCUT2D eigenvalue weighted by atomic mass is 9.88. The number of carbonyl (C=O) groups is 4. The van der Waals surface area contributed by atoms with Crippen LogP contribution in [0.15, 0.2) is 36.5 Å². The molecule has 0 bridgehead atoms. The molecule has 0 radical (unpaired) electrons. The molecule has 0 aromatic heterocycles. The number of esters is 4. The maximum absolute atomic E-state index is 12.0. The van der Waals surface area contributed by atoms with Crippen molar-refractivity contribution in [3.8, 4) is 0 Å². The van der Waals surface area contributed by atoms with Crippen LogP contribution in [0.25, 0.3) is 0 Å². The van der Waals surface area contributed by atoms with Crippen molar-refractivity contribution in [3.05, 3.63) is 36.5 Å². The first-order chi connectivity index (χ1) is 13.2. The Hall–Kier alpha value is -2.90. The summed E-state index contributed by atoms with van der Waals surface area (Å²) in [4.78, 5) is 46.4. The van der Waals surface area contributed by atoms with E-state index < -0.39 is 35.7 Å². The van der Waals surface area contributed by atoms with E-state index in [2.05, 4.69) is 13.2 Å². The molecule has 8 nitrogen and oxygen atoms in total. The molecule has 0 aromatic rings. The Labute approximate surface area is 164 Å². The van der Waals surface area contributed by atoms with Crippen molar-refractivity contribution in [2.75, 3.05) is 26.4 Å². The summed E-state index contributed by atoms with van der Waals surface area (Å²) in [6, 6.07) is 0. The van der Waals surface area contributed by atoms with Crippen molar-refractivity contribution in [2.45, 2.75) is 26.7 Å². The fraction of sp³-hybridized carbons (Fsp3) is 0.500. The van der Waals surface area contributed by atoms with Gasteiger partial charge in [0.25, 0.3) is 0 Å².